The monoisotopic (exact) mass is 255 g/mol. The molecule has 0 saturated carbocycles. The highest BCUT2D eigenvalue weighted by molar-refractivity contribution is 5.82. The minimum Gasteiger partial charge on any atom is -0.352 e. The fourth-order valence-electron chi connectivity index (χ4n) is 2.43. The maximum atomic E-state index is 12.1. The van der Waals surface area contributed by atoms with Crippen LogP contribution in [0.25, 0.3) is 0 Å². The van der Waals surface area contributed by atoms with Crippen LogP contribution in [0, 0.1) is 5.92 Å². The van der Waals surface area contributed by atoms with Crippen molar-refractivity contribution in [2.75, 3.05) is 27.2 Å². The molecule has 0 bridgehead atoms. The molecule has 0 aromatic carbocycles. The van der Waals surface area contributed by atoms with E-state index in [4.69, 9.17) is 0 Å². The van der Waals surface area contributed by atoms with Gasteiger partial charge in [-0.15, -0.1) is 0 Å². The number of rotatable bonds is 6. The first kappa shape index (κ1) is 15.4. The highest BCUT2D eigenvalue weighted by Crippen LogP contribution is 2.19. The van der Waals surface area contributed by atoms with E-state index >= 15 is 0 Å². The van der Waals surface area contributed by atoms with Crippen LogP contribution >= 0.6 is 0 Å². The minimum absolute atomic E-state index is 0.0190. The summed E-state index contributed by atoms with van der Waals surface area (Å²) in [6.45, 7) is 6.28. The van der Waals surface area contributed by atoms with E-state index in [0.29, 0.717) is 5.92 Å². The molecule has 4 nitrogen and oxygen atoms in total. The summed E-state index contributed by atoms with van der Waals surface area (Å²) in [5.41, 5.74) is 0. The first-order valence-corrected chi connectivity index (χ1v) is 7.21. The summed E-state index contributed by atoms with van der Waals surface area (Å²) >= 11 is 0. The average Bonchev–Trinajstić information content (AvgIpc) is 2.36. The summed E-state index contributed by atoms with van der Waals surface area (Å²) in [6.07, 6.45) is 4.38. The van der Waals surface area contributed by atoms with Crippen molar-refractivity contribution in [1.82, 2.24) is 15.5 Å². The average molecular weight is 255 g/mol. The molecule has 0 aromatic rings. The molecule has 1 amide bonds. The lowest BCUT2D eigenvalue weighted by atomic mass is 9.90. The third-order valence-electron chi connectivity index (χ3n) is 3.80. The van der Waals surface area contributed by atoms with Crippen LogP contribution < -0.4 is 10.6 Å². The summed E-state index contributed by atoms with van der Waals surface area (Å²) in [7, 11) is 4.12. The molecule has 1 aliphatic heterocycles. The first-order chi connectivity index (χ1) is 8.52. The normalized spacial score (nSPS) is 26.1. The summed E-state index contributed by atoms with van der Waals surface area (Å²) in [6, 6.07) is 0.272. The van der Waals surface area contributed by atoms with Gasteiger partial charge in [0.2, 0.25) is 5.91 Å². The van der Waals surface area contributed by atoms with Crippen LogP contribution in [-0.2, 0) is 4.79 Å². The van der Waals surface area contributed by atoms with Gasteiger partial charge in [0.15, 0.2) is 0 Å². The Hall–Kier alpha value is -0.610. The predicted octanol–water partition coefficient (Wildman–Crippen LogP) is 1.22. The number of carbonyl (C=O) groups excluding carboxylic acids is 1. The van der Waals surface area contributed by atoms with Gasteiger partial charge in [-0.1, -0.05) is 13.3 Å². The van der Waals surface area contributed by atoms with E-state index in [2.05, 4.69) is 43.5 Å². The van der Waals surface area contributed by atoms with Crippen LogP contribution in [0.1, 0.15) is 39.5 Å². The Balaban J connectivity index is 2.30. The van der Waals surface area contributed by atoms with Gasteiger partial charge in [-0.2, -0.15) is 0 Å². The maximum Gasteiger partial charge on any atom is 0.237 e. The van der Waals surface area contributed by atoms with E-state index in [9.17, 15) is 4.79 Å². The third-order valence-corrected chi connectivity index (χ3v) is 3.80. The molecule has 106 valence electrons. The number of amides is 1. The Morgan fingerprint density at radius 2 is 2.22 bits per heavy atom. The lowest BCUT2D eigenvalue weighted by Crippen LogP contribution is -2.50. The van der Waals surface area contributed by atoms with E-state index in [1.807, 2.05) is 0 Å². The summed E-state index contributed by atoms with van der Waals surface area (Å²) in [5, 5.41) is 6.45. The van der Waals surface area contributed by atoms with E-state index in [1.54, 1.807) is 0 Å². The van der Waals surface area contributed by atoms with Gasteiger partial charge in [0.25, 0.3) is 0 Å². The molecule has 1 saturated heterocycles. The highest BCUT2D eigenvalue weighted by Gasteiger charge is 2.26. The third kappa shape index (κ3) is 5.36. The SMILES string of the molecule is CCC1CCNC(C(=O)NC(C)CCN(C)C)C1. The van der Waals surface area contributed by atoms with Crippen LogP contribution in [0.4, 0.5) is 0 Å². The molecular formula is C14H29N3O. The number of nitrogens with one attached hydrogen (secondary N) is 2. The second-order valence-corrected chi connectivity index (χ2v) is 5.81. The van der Waals surface area contributed by atoms with Crippen molar-refractivity contribution in [3.8, 4) is 0 Å². The number of hydrogen-bond acceptors (Lipinski definition) is 3. The lowest BCUT2D eigenvalue weighted by molar-refractivity contribution is -0.124. The van der Waals surface area contributed by atoms with Crippen LogP contribution in [0.2, 0.25) is 0 Å². The van der Waals surface area contributed by atoms with Crippen molar-refractivity contribution < 1.29 is 4.79 Å². The number of nitrogens with zero attached hydrogens (tertiary/aromatic N) is 1. The number of hydrogen-bond donors (Lipinski definition) is 2. The Morgan fingerprint density at radius 1 is 1.50 bits per heavy atom. The first-order valence-electron chi connectivity index (χ1n) is 7.21. The van der Waals surface area contributed by atoms with Crippen molar-refractivity contribution in [3.63, 3.8) is 0 Å². The smallest absolute Gasteiger partial charge is 0.237 e. The molecule has 4 heteroatoms. The lowest BCUT2D eigenvalue weighted by Gasteiger charge is -2.30. The quantitative estimate of drug-likeness (QED) is 0.750. The molecule has 1 rings (SSSR count). The van der Waals surface area contributed by atoms with Gasteiger partial charge in [-0.25, -0.2) is 0 Å². The predicted molar refractivity (Wildman–Crippen MR) is 75.6 cm³/mol. The highest BCUT2D eigenvalue weighted by atomic mass is 16.2. The molecule has 0 aliphatic carbocycles. The van der Waals surface area contributed by atoms with E-state index in [-0.39, 0.29) is 18.0 Å². The fraction of sp³-hybridized carbons (Fsp3) is 0.929. The second-order valence-electron chi connectivity index (χ2n) is 5.81. The molecule has 1 fully saturated rings. The molecule has 0 spiro atoms. The Bertz CT molecular complexity index is 255. The van der Waals surface area contributed by atoms with Crippen molar-refractivity contribution in [2.45, 2.75) is 51.6 Å². The Morgan fingerprint density at radius 3 is 2.83 bits per heavy atom. The molecule has 3 atom stereocenters. The zero-order valence-corrected chi connectivity index (χ0v) is 12.3. The van der Waals surface area contributed by atoms with Crippen molar-refractivity contribution in [1.29, 1.82) is 0 Å². The molecule has 1 aliphatic rings. The zero-order valence-electron chi connectivity index (χ0n) is 12.3. The fourth-order valence-corrected chi connectivity index (χ4v) is 2.43. The van der Waals surface area contributed by atoms with Gasteiger partial charge in [-0.3, -0.25) is 4.79 Å². The van der Waals surface area contributed by atoms with Crippen molar-refractivity contribution in [3.05, 3.63) is 0 Å². The zero-order chi connectivity index (χ0) is 13.5. The van der Waals surface area contributed by atoms with Gasteiger partial charge in [0, 0.05) is 6.04 Å². The standard InChI is InChI=1S/C14H29N3O/c1-5-12-6-8-15-13(10-12)14(18)16-11(2)7-9-17(3)4/h11-13,15H,5-10H2,1-4H3,(H,16,18). The molecule has 0 aromatic heterocycles. The summed E-state index contributed by atoms with van der Waals surface area (Å²) in [5.74, 6) is 0.887. The summed E-state index contributed by atoms with van der Waals surface area (Å²) < 4.78 is 0. The molecular weight excluding hydrogens is 226 g/mol. The molecule has 0 radical (unpaired) electrons. The van der Waals surface area contributed by atoms with Crippen molar-refractivity contribution in [2.24, 2.45) is 5.92 Å². The van der Waals surface area contributed by atoms with E-state index < -0.39 is 0 Å². The molecule has 1 heterocycles. The Kier molecular flexibility index (Phi) is 6.65. The second kappa shape index (κ2) is 7.74. The topological polar surface area (TPSA) is 44.4 Å². The van der Waals surface area contributed by atoms with Gasteiger partial charge >= 0.3 is 0 Å². The Labute approximate surface area is 111 Å². The van der Waals surface area contributed by atoms with Crippen LogP contribution in [-0.4, -0.2) is 50.1 Å². The van der Waals surface area contributed by atoms with E-state index in [1.165, 1.54) is 12.8 Å². The van der Waals surface area contributed by atoms with Crippen LogP contribution in [0.3, 0.4) is 0 Å². The van der Waals surface area contributed by atoms with Gasteiger partial charge in [0.05, 0.1) is 6.04 Å². The molecule has 3 unspecified atom stereocenters. The number of piperidine rings is 1. The van der Waals surface area contributed by atoms with Gasteiger partial charge in [0.1, 0.15) is 0 Å². The minimum atomic E-state index is 0.0190. The molecule has 2 N–H and O–H groups in total. The largest absolute Gasteiger partial charge is 0.352 e. The van der Waals surface area contributed by atoms with Gasteiger partial charge < -0.3 is 15.5 Å². The van der Waals surface area contributed by atoms with E-state index in [0.717, 1.165) is 25.9 Å². The van der Waals surface area contributed by atoms with Crippen LogP contribution in [0.5, 0.6) is 0 Å². The maximum absolute atomic E-state index is 12.1. The summed E-state index contributed by atoms with van der Waals surface area (Å²) in [4.78, 5) is 14.3. The molecule has 18 heavy (non-hydrogen) atoms. The van der Waals surface area contributed by atoms with Crippen molar-refractivity contribution >= 4 is 5.91 Å². The van der Waals surface area contributed by atoms with Crippen LogP contribution in [0.15, 0.2) is 0 Å². The number of carbonyl (C=O) groups is 1. The van der Waals surface area contributed by atoms with Gasteiger partial charge in [-0.05, 0) is 59.3 Å².